The largest absolute Gasteiger partial charge is 0.352 e. The third-order valence-corrected chi connectivity index (χ3v) is 2.37. The summed E-state index contributed by atoms with van der Waals surface area (Å²) in [6.07, 6.45) is 4.05. The Hall–Kier alpha value is -1.64. The zero-order valence-corrected chi connectivity index (χ0v) is 9.53. The predicted molar refractivity (Wildman–Crippen MR) is 63.7 cm³/mol. The number of hydrogen-bond donors (Lipinski definition) is 1. The highest BCUT2D eigenvalue weighted by atomic mass is 16.1. The SMILES string of the molecule is CCCCCNC(=O)c1ccc(C=O)cc1. The maximum absolute atomic E-state index is 11.6. The number of amides is 1. The summed E-state index contributed by atoms with van der Waals surface area (Å²) in [5.74, 6) is -0.0754. The van der Waals surface area contributed by atoms with Crippen LogP contribution in [0.25, 0.3) is 0 Å². The van der Waals surface area contributed by atoms with Crippen molar-refractivity contribution in [2.45, 2.75) is 26.2 Å². The van der Waals surface area contributed by atoms with Crippen LogP contribution in [0.2, 0.25) is 0 Å². The number of aldehydes is 1. The standard InChI is InChI=1S/C13H17NO2/c1-2-3-4-9-14-13(16)12-7-5-11(10-15)6-8-12/h5-8,10H,2-4,9H2,1H3,(H,14,16). The summed E-state index contributed by atoms with van der Waals surface area (Å²) in [5.41, 5.74) is 1.18. The van der Waals surface area contributed by atoms with Gasteiger partial charge in [0, 0.05) is 17.7 Å². The number of benzene rings is 1. The quantitative estimate of drug-likeness (QED) is 0.590. The molecule has 0 spiro atoms. The van der Waals surface area contributed by atoms with Gasteiger partial charge in [0.2, 0.25) is 0 Å². The van der Waals surface area contributed by atoms with E-state index in [0.717, 1.165) is 25.5 Å². The second-order valence-corrected chi connectivity index (χ2v) is 3.70. The highest BCUT2D eigenvalue weighted by Gasteiger charge is 2.03. The molecule has 0 aliphatic carbocycles. The van der Waals surface area contributed by atoms with Crippen LogP contribution < -0.4 is 5.32 Å². The maximum atomic E-state index is 11.6. The van der Waals surface area contributed by atoms with Crippen LogP contribution in [-0.4, -0.2) is 18.7 Å². The lowest BCUT2D eigenvalue weighted by atomic mass is 10.1. The molecule has 1 rings (SSSR count). The van der Waals surface area contributed by atoms with Gasteiger partial charge in [-0.25, -0.2) is 0 Å². The lowest BCUT2D eigenvalue weighted by molar-refractivity contribution is 0.0952. The summed E-state index contributed by atoms with van der Waals surface area (Å²) >= 11 is 0. The van der Waals surface area contributed by atoms with E-state index in [0.29, 0.717) is 17.7 Å². The van der Waals surface area contributed by atoms with E-state index in [1.807, 2.05) is 0 Å². The Morgan fingerprint density at radius 3 is 2.50 bits per heavy atom. The Morgan fingerprint density at radius 1 is 1.25 bits per heavy atom. The van der Waals surface area contributed by atoms with Crippen molar-refractivity contribution in [3.63, 3.8) is 0 Å². The minimum absolute atomic E-state index is 0.0754. The molecule has 0 unspecified atom stereocenters. The van der Waals surface area contributed by atoms with Crippen molar-refractivity contribution < 1.29 is 9.59 Å². The number of unbranched alkanes of at least 4 members (excludes halogenated alkanes) is 2. The molecule has 0 bridgehead atoms. The first-order chi connectivity index (χ1) is 7.77. The predicted octanol–water partition coefficient (Wildman–Crippen LogP) is 2.42. The molecule has 0 atom stereocenters. The molecule has 0 radical (unpaired) electrons. The minimum Gasteiger partial charge on any atom is -0.352 e. The average Bonchev–Trinajstić information content (AvgIpc) is 2.34. The van der Waals surface area contributed by atoms with E-state index in [2.05, 4.69) is 12.2 Å². The normalized spacial score (nSPS) is 9.81. The van der Waals surface area contributed by atoms with E-state index in [9.17, 15) is 9.59 Å². The van der Waals surface area contributed by atoms with Crippen LogP contribution in [0.5, 0.6) is 0 Å². The zero-order valence-electron chi connectivity index (χ0n) is 9.53. The highest BCUT2D eigenvalue weighted by molar-refractivity contribution is 5.94. The van der Waals surface area contributed by atoms with Crippen molar-refractivity contribution in [2.24, 2.45) is 0 Å². The van der Waals surface area contributed by atoms with Crippen molar-refractivity contribution in [2.75, 3.05) is 6.54 Å². The average molecular weight is 219 g/mol. The molecule has 0 saturated carbocycles. The molecule has 0 saturated heterocycles. The van der Waals surface area contributed by atoms with Gasteiger partial charge in [0.1, 0.15) is 6.29 Å². The van der Waals surface area contributed by atoms with Gasteiger partial charge in [0.05, 0.1) is 0 Å². The molecule has 0 heterocycles. The van der Waals surface area contributed by atoms with Gasteiger partial charge in [-0.05, 0) is 18.6 Å². The molecule has 3 heteroatoms. The highest BCUT2D eigenvalue weighted by Crippen LogP contribution is 2.02. The molecular formula is C13H17NO2. The first kappa shape index (κ1) is 12.4. The van der Waals surface area contributed by atoms with Gasteiger partial charge in [-0.3, -0.25) is 9.59 Å². The molecule has 0 aliphatic rings. The molecule has 0 fully saturated rings. The fourth-order valence-corrected chi connectivity index (χ4v) is 1.39. The van der Waals surface area contributed by atoms with Gasteiger partial charge < -0.3 is 5.32 Å². The molecule has 0 aliphatic heterocycles. The molecule has 0 aromatic heterocycles. The number of nitrogens with one attached hydrogen (secondary N) is 1. The van der Waals surface area contributed by atoms with E-state index in [-0.39, 0.29) is 5.91 Å². The molecule has 86 valence electrons. The molecule has 16 heavy (non-hydrogen) atoms. The minimum atomic E-state index is -0.0754. The summed E-state index contributed by atoms with van der Waals surface area (Å²) < 4.78 is 0. The number of hydrogen-bond acceptors (Lipinski definition) is 2. The number of carbonyl (C=O) groups excluding carboxylic acids is 2. The molecule has 1 aromatic rings. The third-order valence-electron chi connectivity index (χ3n) is 2.37. The number of carbonyl (C=O) groups is 2. The van der Waals surface area contributed by atoms with Gasteiger partial charge in [0.15, 0.2) is 0 Å². The van der Waals surface area contributed by atoms with Gasteiger partial charge >= 0.3 is 0 Å². The van der Waals surface area contributed by atoms with Crippen LogP contribution in [0.1, 0.15) is 46.9 Å². The zero-order chi connectivity index (χ0) is 11.8. The van der Waals surface area contributed by atoms with Crippen LogP contribution in [0.3, 0.4) is 0 Å². The van der Waals surface area contributed by atoms with Gasteiger partial charge in [-0.15, -0.1) is 0 Å². The first-order valence-corrected chi connectivity index (χ1v) is 5.61. The van der Waals surface area contributed by atoms with Crippen molar-refractivity contribution in [3.8, 4) is 0 Å². The van der Waals surface area contributed by atoms with Crippen LogP contribution in [0, 0.1) is 0 Å². The van der Waals surface area contributed by atoms with E-state index >= 15 is 0 Å². The van der Waals surface area contributed by atoms with Crippen LogP contribution in [0.15, 0.2) is 24.3 Å². The molecular weight excluding hydrogens is 202 g/mol. The van der Waals surface area contributed by atoms with Gasteiger partial charge in [-0.1, -0.05) is 31.9 Å². The number of rotatable bonds is 6. The second-order valence-electron chi connectivity index (χ2n) is 3.70. The van der Waals surface area contributed by atoms with Crippen LogP contribution >= 0.6 is 0 Å². The Bertz CT molecular complexity index is 343. The van der Waals surface area contributed by atoms with Crippen molar-refractivity contribution >= 4 is 12.2 Å². The van der Waals surface area contributed by atoms with Crippen molar-refractivity contribution in [1.82, 2.24) is 5.32 Å². The fourth-order valence-electron chi connectivity index (χ4n) is 1.39. The van der Waals surface area contributed by atoms with E-state index in [4.69, 9.17) is 0 Å². The second kappa shape index (κ2) is 6.77. The monoisotopic (exact) mass is 219 g/mol. The summed E-state index contributed by atoms with van der Waals surface area (Å²) in [4.78, 5) is 22.0. The van der Waals surface area contributed by atoms with E-state index in [1.165, 1.54) is 0 Å². The lowest BCUT2D eigenvalue weighted by Gasteiger charge is -2.04. The van der Waals surface area contributed by atoms with Crippen molar-refractivity contribution in [3.05, 3.63) is 35.4 Å². The molecule has 1 aromatic carbocycles. The smallest absolute Gasteiger partial charge is 0.251 e. The Morgan fingerprint density at radius 2 is 1.94 bits per heavy atom. The van der Waals surface area contributed by atoms with E-state index in [1.54, 1.807) is 24.3 Å². The summed E-state index contributed by atoms with van der Waals surface area (Å²) in [5, 5.41) is 2.84. The topological polar surface area (TPSA) is 46.2 Å². The van der Waals surface area contributed by atoms with E-state index < -0.39 is 0 Å². The van der Waals surface area contributed by atoms with Crippen LogP contribution in [-0.2, 0) is 0 Å². The Labute approximate surface area is 95.9 Å². The Kier molecular flexibility index (Phi) is 5.26. The summed E-state index contributed by atoms with van der Waals surface area (Å²) in [6, 6.07) is 6.62. The molecule has 3 nitrogen and oxygen atoms in total. The summed E-state index contributed by atoms with van der Waals surface area (Å²) in [6.45, 7) is 2.84. The maximum Gasteiger partial charge on any atom is 0.251 e. The Balaban J connectivity index is 2.43. The lowest BCUT2D eigenvalue weighted by Crippen LogP contribution is -2.24. The van der Waals surface area contributed by atoms with Gasteiger partial charge in [0.25, 0.3) is 5.91 Å². The fraction of sp³-hybridized carbons (Fsp3) is 0.385. The molecule has 1 N–H and O–H groups in total. The first-order valence-electron chi connectivity index (χ1n) is 5.61. The molecule has 1 amide bonds. The van der Waals surface area contributed by atoms with Gasteiger partial charge in [-0.2, -0.15) is 0 Å². The van der Waals surface area contributed by atoms with Crippen molar-refractivity contribution in [1.29, 1.82) is 0 Å². The summed E-state index contributed by atoms with van der Waals surface area (Å²) in [7, 11) is 0. The van der Waals surface area contributed by atoms with Crippen LogP contribution in [0.4, 0.5) is 0 Å². The third kappa shape index (κ3) is 3.85.